The summed E-state index contributed by atoms with van der Waals surface area (Å²) < 4.78 is 26.5. The second-order valence-corrected chi connectivity index (χ2v) is 7.40. The second-order valence-electron chi connectivity index (χ2n) is 5.06. The minimum absolute atomic E-state index is 0.157. The van der Waals surface area contributed by atoms with Crippen LogP contribution >= 0.6 is 11.6 Å². The minimum atomic E-state index is -3.55. The fourth-order valence-corrected chi connectivity index (χ4v) is 3.93. The number of nitrogens with zero attached hydrogens (tertiary/aromatic N) is 2. The predicted octanol–water partition coefficient (Wildman–Crippen LogP) is 0.440. The number of halogens is 1. The van der Waals surface area contributed by atoms with E-state index in [1.807, 2.05) is 11.8 Å². The van der Waals surface area contributed by atoms with E-state index in [4.69, 9.17) is 17.3 Å². The molecule has 8 heteroatoms. The summed E-state index contributed by atoms with van der Waals surface area (Å²) in [5.74, 6) is -0.406. The van der Waals surface area contributed by atoms with Gasteiger partial charge in [-0.2, -0.15) is 4.31 Å². The van der Waals surface area contributed by atoms with Crippen LogP contribution in [-0.2, 0) is 14.8 Å². The molecule has 1 amide bonds. The summed E-state index contributed by atoms with van der Waals surface area (Å²) >= 11 is 6.00. The lowest BCUT2D eigenvalue weighted by molar-refractivity contribution is -0.119. The molecule has 116 valence electrons. The minimum Gasteiger partial charge on any atom is -0.369 e. The molecule has 1 aromatic carbocycles. The Morgan fingerprint density at radius 2 is 1.90 bits per heavy atom. The Bertz CT molecular complexity index is 640. The molecular formula is C13H18ClN3O3S. The van der Waals surface area contributed by atoms with Gasteiger partial charge in [-0.25, -0.2) is 8.42 Å². The second kappa shape index (κ2) is 6.31. The van der Waals surface area contributed by atoms with Crippen molar-refractivity contribution in [2.45, 2.75) is 11.8 Å². The van der Waals surface area contributed by atoms with Gasteiger partial charge in [-0.15, -0.1) is 0 Å². The largest absolute Gasteiger partial charge is 0.369 e. The van der Waals surface area contributed by atoms with Crippen molar-refractivity contribution in [3.8, 4) is 0 Å². The zero-order valence-corrected chi connectivity index (χ0v) is 13.3. The highest BCUT2D eigenvalue weighted by Gasteiger charge is 2.29. The maximum absolute atomic E-state index is 12.5. The van der Waals surface area contributed by atoms with Crippen molar-refractivity contribution in [1.82, 2.24) is 9.21 Å². The molecule has 0 radical (unpaired) electrons. The molecule has 1 heterocycles. The molecule has 0 aromatic heterocycles. The standard InChI is InChI=1S/C13H18ClN3O3S/c1-10-2-3-11(8-12(10)14)21(19,20)17-6-4-16(5-7-17)9-13(15)18/h2-3,8H,4-7,9H2,1H3,(H2,15,18). The van der Waals surface area contributed by atoms with E-state index >= 15 is 0 Å². The topological polar surface area (TPSA) is 83.7 Å². The number of primary amides is 1. The molecule has 0 spiro atoms. The van der Waals surface area contributed by atoms with Crippen LogP contribution in [0.4, 0.5) is 0 Å². The van der Waals surface area contributed by atoms with Crippen LogP contribution < -0.4 is 5.73 Å². The Balaban J connectivity index is 2.11. The number of sulfonamides is 1. The van der Waals surface area contributed by atoms with Gasteiger partial charge in [0.1, 0.15) is 0 Å². The number of nitrogens with two attached hydrogens (primary N) is 1. The van der Waals surface area contributed by atoms with Gasteiger partial charge in [-0.3, -0.25) is 9.69 Å². The maximum Gasteiger partial charge on any atom is 0.243 e. The molecule has 1 aromatic rings. The molecule has 1 aliphatic rings. The highest BCUT2D eigenvalue weighted by molar-refractivity contribution is 7.89. The number of benzene rings is 1. The zero-order chi connectivity index (χ0) is 15.6. The molecule has 0 atom stereocenters. The lowest BCUT2D eigenvalue weighted by Crippen LogP contribution is -2.50. The summed E-state index contributed by atoms with van der Waals surface area (Å²) in [5.41, 5.74) is 5.97. The summed E-state index contributed by atoms with van der Waals surface area (Å²) in [5, 5.41) is 0.434. The SMILES string of the molecule is Cc1ccc(S(=O)(=O)N2CCN(CC(N)=O)CC2)cc1Cl. The quantitative estimate of drug-likeness (QED) is 0.867. The molecule has 0 bridgehead atoms. The lowest BCUT2D eigenvalue weighted by Gasteiger charge is -2.33. The Labute approximate surface area is 129 Å². The molecular weight excluding hydrogens is 314 g/mol. The Morgan fingerprint density at radius 1 is 1.29 bits per heavy atom. The van der Waals surface area contributed by atoms with Gasteiger partial charge in [-0.05, 0) is 24.6 Å². The predicted molar refractivity (Wildman–Crippen MR) is 80.6 cm³/mol. The number of piperazine rings is 1. The number of carbonyl (C=O) groups is 1. The molecule has 0 unspecified atom stereocenters. The maximum atomic E-state index is 12.5. The van der Waals surface area contributed by atoms with Crippen LogP contribution in [0.5, 0.6) is 0 Å². The Morgan fingerprint density at radius 3 is 2.43 bits per heavy atom. The van der Waals surface area contributed by atoms with E-state index in [0.717, 1.165) is 5.56 Å². The highest BCUT2D eigenvalue weighted by atomic mass is 35.5. The van der Waals surface area contributed by atoms with Gasteiger partial charge in [0, 0.05) is 31.2 Å². The number of rotatable bonds is 4. The molecule has 21 heavy (non-hydrogen) atoms. The number of hydrogen-bond donors (Lipinski definition) is 1. The summed E-state index contributed by atoms with van der Waals surface area (Å²) in [7, 11) is -3.55. The summed E-state index contributed by atoms with van der Waals surface area (Å²) in [4.78, 5) is 12.9. The summed E-state index contributed by atoms with van der Waals surface area (Å²) in [6.07, 6.45) is 0. The number of hydrogen-bond acceptors (Lipinski definition) is 4. The summed E-state index contributed by atoms with van der Waals surface area (Å²) in [6, 6.07) is 4.73. The fourth-order valence-electron chi connectivity index (χ4n) is 2.23. The van der Waals surface area contributed by atoms with E-state index in [2.05, 4.69) is 0 Å². The van der Waals surface area contributed by atoms with Gasteiger partial charge in [0.2, 0.25) is 15.9 Å². The molecule has 2 N–H and O–H groups in total. The van der Waals surface area contributed by atoms with E-state index in [0.29, 0.717) is 31.2 Å². The molecule has 6 nitrogen and oxygen atoms in total. The Kier molecular flexibility index (Phi) is 4.88. The third-order valence-electron chi connectivity index (χ3n) is 3.49. The molecule has 1 aliphatic heterocycles. The van der Waals surface area contributed by atoms with Crippen LogP contribution in [0.15, 0.2) is 23.1 Å². The summed E-state index contributed by atoms with van der Waals surface area (Å²) in [6.45, 7) is 3.62. The van der Waals surface area contributed by atoms with Crippen LogP contribution in [0, 0.1) is 6.92 Å². The van der Waals surface area contributed by atoms with Crippen LogP contribution in [0.3, 0.4) is 0 Å². The van der Waals surface area contributed by atoms with E-state index in [9.17, 15) is 13.2 Å². The van der Waals surface area contributed by atoms with Crippen LogP contribution in [0.25, 0.3) is 0 Å². The average molecular weight is 332 g/mol. The fraction of sp³-hybridized carbons (Fsp3) is 0.462. The van der Waals surface area contributed by atoms with Crippen molar-refractivity contribution in [2.75, 3.05) is 32.7 Å². The van der Waals surface area contributed by atoms with Gasteiger partial charge in [-0.1, -0.05) is 17.7 Å². The van der Waals surface area contributed by atoms with Gasteiger partial charge in [0.25, 0.3) is 0 Å². The van der Waals surface area contributed by atoms with E-state index in [1.165, 1.54) is 10.4 Å². The number of aryl methyl sites for hydroxylation is 1. The molecule has 0 aliphatic carbocycles. The van der Waals surface area contributed by atoms with Crippen molar-refractivity contribution in [1.29, 1.82) is 0 Å². The number of amides is 1. The number of carbonyl (C=O) groups excluding carboxylic acids is 1. The first-order valence-corrected chi connectivity index (χ1v) is 8.39. The lowest BCUT2D eigenvalue weighted by atomic mass is 10.2. The average Bonchev–Trinajstić information content (AvgIpc) is 2.41. The molecule has 1 fully saturated rings. The monoisotopic (exact) mass is 331 g/mol. The van der Waals surface area contributed by atoms with Crippen LogP contribution in [0.1, 0.15) is 5.56 Å². The van der Waals surface area contributed by atoms with Crippen molar-refractivity contribution >= 4 is 27.5 Å². The van der Waals surface area contributed by atoms with Crippen molar-refractivity contribution in [3.05, 3.63) is 28.8 Å². The first-order chi connectivity index (χ1) is 9.80. The molecule has 2 rings (SSSR count). The zero-order valence-electron chi connectivity index (χ0n) is 11.8. The van der Waals surface area contributed by atoms with Crippen molar-refractivity contribution < 1.29 is 13.2 Å². The Hall–Kier alpha value is -1.15. The molecule has 1 saturated heterocycles. The smallest absolute Gasteiger partial charge is 0.243 e. The van der Waals surface area contributed by atoms with E-state index in [-0.39, 0.29) is 11.4 Å². The highest BCUT2D eigenvalue weighted by Crippen LogP contribution is 2.23. The van der Waals surface area contributed by atoms with Crippen LogP contribution in [-0.4, -0.2) is 56.3 Å². The van der Waals surface area contributed by atoms with Crippen molar-refractivity contribution in [3.63, 3.8) is 0 Å². The van der Waals surface area contributed by atoms with Gasteiger partial charge in [0.05, 0.1) is 11.4 Å². The first-order valence-electron chi connectivity index (χ1n) is 6.57. The van der Waals surface area contributed by atoms with E-state index in [1.54, 1.807) is 12.1 Å². The normalized spacial score (nSPS) is 17.8. The van der Waals surface area contributed by atoms with E-state index < -0.39 is 15.9 Å². The third-order valence-corrected chi connectivity index (χ3v) is 5.79. The first kappa shape index (κ1) is 16.2. The van der Waals surface area contributed by atoms with Gasteiger partial charge in [0.15, 0.2) is 0 Å². The van der Waals surface area contributed by atoms with Crippen molar-refractivity contribution in [2.24, 2.45) is 5.73 Å². The van der Waals surface area contributed by atoms with Gasteiger partial charge < -0.3 is 5.73 Å². The third kappa shape index (κ3) is 3.74. The van der Waals surface area contributed by atoms with Crippen LogP contribution in [0.2, 0.25) is 5.02 Å². The van der Waals surface area contributed by atoms with Gasteiger partial charge >= 0.3 is 0 Å². The molecule has 0 saturated carbocycles.